The summed E-state index contributed by atoms with van der Waals surface area (Å²) < 4.78 is 25.1. The molecule has 4 heterocycles. The van der Waals surface area contributed by atoms with Gasteiger partial charge in [-0.2, -0.15) is 4.31 Å². The lowest BCUT2D eigenvalue weighted by Crippen LogP contribution is -2.42. The summed E-state index contributed by atoms with van der Waals surface area (Å²) in [5, 5.41) is 1.87. The summed E-state index contributed by atoms with van der Waals surface area (Å²) in [5.41, 5.74) is 0.794. The molecule has 0 unspecified atom stereocenters. The van der Waals surface area contributed by atoms with Crippen molar-refractivity contribution in [2.45, 2.75) is 38.3 Å². The fourth-order valence-electron chi connectivity index (χ4n) is 3.88. The van der Waals surface area contributed by atoms with E-state index in [9.17, 15) is 18.0 Å². The molecule has 28 heavy (non-hydrogen) atoms. The first-order valence-electron chi connectivity index (χ1n) is 9.26. The van der Waals surface area contributed by atoms with Crippen molar-refractivity contribution in [2.24, 2.45) is 0 Å². The first-order chi connectivity index (χ1) is 13.3. The molecular formula is C18H22N4O4S2. The van der Waals surface area contributed by atoms with E-state index in [0.717, 1.165) is 19.1 Å². The van der Waals surface area contributed by atoms with Crippen LogP contribution in [0, 0.1) is 0 Å². The summed E-state index contributed by atoms with van der Waals surface area (Å²) in [7, 11) is -3.36. The molecule has 0 saturated carbocycles. The Kier molecular flexibility index (Phi) is 5.11. The van der Waals surface area contributed by atoms with Crippen LogP contribution in [0.4, 0.5) is 0 Å². The van der Waals surface area contributed by atoms with Crippen molar-refractivity contribution in [1.29, 1.82) is 0 Å². The van der Waals surface area contributed by atoms with Gasteiger partial charge in [-0.05, 0) is 37.1 Å². The second-order valence-corrected chi connectivity index (χ2v) is 10.1. The van der Waals surface area contributed by atoms with Crippen molar-refractivity contribution in [2.75, 3.05) is 19.3 Å². The van der Waals surface area contributed by atoms with E-state index in [0.29, 0.717) is 41.3 Å². The normalized spacial score (nSPS) is 20.8. The Labute approximate surface area is 167 Å². The summed E-state index contributed by atoms with van der Waals surface area (Å²) in [6.45, 7) is 0.983. The monoisotopic (exact) mass is 422 g/mol. The Morgan fingerprint density at radius 3 is 2.86 bits per heavy atom. The van der Waals surface area contributed by atoms with E-state index in [1.165, 1.54) is 15.6 Å². The average molecular weight is 423 g/mol. The Morgan fingerprint density at radius 2 is 2.14 bits per heavy atom. The molecule has 2 aliphatic rings. The minimum absolute atomic E-state index is 0.0576. The first kappa shape index (κ1) is 19.3. The highest BCUT2D eigenvalue weighted by atomic mass is 32.2. The number of aromatic nitrogens is 2. The standard InChI is InChI=1S/C18H22N4O4S2/c1-28(25,26)21-9-7-12-13(11-21)19-16(20-17(12)23)14-5-2-3-8-22(14)18(24)15-6-4-10-27-15/h4,6,10,14H,2-3,5,7-9,11H2,1H3,(H,19,20,23)/t14-/m0/s1. The Balaban J connectivity index is 1.69. The van der Waals surface area contributed by atoms with Crippen molar-refractivity contribution in [1.82, 2.24) is 19.2 Å². The van der Waals surface area contributed by atoms with Gasteiger partial charge in [0, 0.05) is 18.7 Å². The number of amides is 1. The number of thiophene rings is 1. The fourth-order valence-corrected chi connectivity index (χ4v) is 5.34. The fraction of sp³-hybridized carbons (Fsp3) is 0.500. The van der Waals surface area contributed by atoms with Gasteiger partial charge in [0.05, 0.1) is 29.4 Å². The SMILES string of the molecule is CS(=O)(=O)N1CCc2c(nc([C@@H]3CCCCN3C(=O)c3cccs3)[nH]c2=O)C1. The molecule has 2 aromatic rings. The van der Waals surface area contributed by atoms with Crippen molar-refractivity contribution < 1.29 is 13.2 Å². The van der Waals surface area contributed by atoms with Crippen LogP contribution in [0.1, 0.15) is 52.1 Å². The van der Waals surface area contributed by atoms with E-state index in [1.807, 2.05) is 11.4 Å². The molecule has 150 valence electrons. The summed E-state index contributed by atoms with van der Waals surface area (Å²) in [5.74, 6) is 0.390. The highest BCUT2D eigenvalue weighted by Crippen LogP contribution is 2.31. The molecule has 1 saturated heterocycles. The van der Waals surface area contributed by atoms with E-state index in [-0.39, 0.29) is 30.6 Å². The number of hydrogen-bond acceptors (Lipinski definition) is 6. The Hall–Kier alpha value is -2.04. The molecule has 1 N–H and O–H groups in total. The third kappa shape index (κ3) is 3.63. The van der Waals surface area contributed by atoms with Crippen LogP contribution in [-0.2, 0) is 23.0 Å². The number of carbonyl (C=O) groups excluding carboxylic acids is 1. The van der Waals surface area contributed by atoms with Gasteiger partial charge in [-0.15, -0.1) is 11.3 Å². The lowest BCUT2D eigenvalue weighted by molar-refractivity contribution is 0.0604. The van der Waals surface area contributed by atoms with Gasteiger partial charge in [0.25, 0.3) is 11.5 Å². The van der Waals surface area contributed by atoms with Crippen LogP contribution in [0.5, 0.6) is 0 Å². The number of aromatic amines is 1. The number of hydrogen-bond donors (Lipinski definition) is 1. The number of piperidine rings is 1. The van der Waals surface area contributed by atoms with Gasteiger partial charge in [0.2, 0.25) is 10.0 Å². The van der Waals surface area contributed by atoms with Gasteiger partial charge in [0.1, 0.15) is 5.82 Å². The third-order valence-electron chi connectivity index (χ3n) is 5.34. The van der Waals surface area contributed by atoms with Gasteiger partial charge in [-0.1, -0.05) is 6.07 Å². The van der Waals surface area contributed by atoms with Gasteiger partial charge in [-0.3, -0.25) is 9.59 Å². The number of fused-ring (bicyclic) bond motifs is 1. The maximum absolute atomic E-state index is 12.9. The van der Waals surface area contributed by atoms with E-state index in [2.05, 4.69) is 9.97 Å². The lowest BCUT2D eigenvalue weighted by Gasteiger charge is -2.35. The van der Waals surface area contributed by atoms with Gasteiger partial charge in [0.15, 0.2) is 0 Å². The summed E-state index contributed by atoms with van der Waals surface area (Å²) in [4.78, 5) is 35.5. The average Bonchev–Trinajstić information content (AvgIpc) is 3.21. The van der Waals surface area contributed by atoms with Crippen LogP contribution in [0.15, 0.2) is 22.3 Å². The minimum Gasteiger partial charge on any atom is -0.328 e. The van der Waals surface area contributed by atoms with Crippen molar-refractivity contribution >= 4 is 27.3 Å². The number of nitrogens with one attached hydrogen (secondary N) is 1. The van der Waals surface area contributed by atoms with Crippen LogP contribution in [0.2, 0.25) is 0 Å². The zero-order valence-corrected chi connectivity index (χ0v) is 17.2. The largest absolute Gasteiger partial charge is 0.328 e. The number of sulfonamides is 1. The quantitative estimate of drug-likeness (QED) is 0.808. The molecule has 2 aliphatic heterocycles. The van der Waals surface area contributed by atoms with Gasteiger partial charge >= 0.3 is 0 Å². The smallest absolute Gasteiger partial charge is 0.264 e. The van der Waals surface area contributed by atoms with E-state index >= 15 is 0 Å². The Bertz CT molecular complexity index is 1050. The third-order valence-corrected chi connectivity index (χ3v) is 7.44. The van der Waals surface area contributed by atoms with Gasteiger partial charge < -0.3 is 9.88 Å². The molecule has 1 fully saturated rings. The minimum atomic E-state index is -3.36. The lowest BCUT2D eigenvalue weighted by atomic mass is 10.00. The molecular weight excluding hydrogens is 400 g/mol. The molecule has 0 aliphatic carbocycles. The maximum atomic E-state index is 12.9. The summed E-state index contributed by atoms with van der Waals surface area (Å²) in [6.07, 6.45) is 4.07. The first-order valence-corrected chi connectivity index (χ1v) is 12.0. The molecule has 1 amide bonds. The number of likely N-dealkylation sites (tertiary alicyclic amines) is 1. The predicted octanol–water partition coefficient (Wildman–Crippen LogP) is 1.52. The molecule has 0 radical (unpaired) electrons. The Morgan fingerprint density at radius 1 is 1.32 bits per heavy atom. The van der Waals surface area contributed by atoms with Crippen molar-refractivity contribution in [3.05, 3.63) is 49.8 Å². The molecule has 2 aromatic heterocycles. The molecule has 10 heteroatoms. The zero-order chi connectivity index (χ0) is 19.9. The molecule has 4 rings (SSSR count). The topological polar surface area (TPSA) is 103 Å². The van der Waals surface area contributed by atoms with Crippen LogP contribution >= 0.6 is 11.3 Å². The second kappa shape index (κ2) is 7.41. The number of H-pyrrole nitrogens is 1. The van der Waals surface area contributed by atoms with E-state index in [1.54, 1.807) is 11.0 Å². The molecule has 0 aromatic carbocycles. The van der Waals surface area contributed by atoms with E-state index in [4.69, 9.17) is 0 Å². The highest BCUT2D eigenvalue weighted by molar-refractivity contribution is 7.88. The molecule has 0 spiro atoms. The van der Waals surface area contributed by atoms with E-state index < -0.39 is 10.0 Å². The van der Waals surface area contributed by atoms with Crippen LogP contribution in [-0.4, -0.2) is 52.8 Å². The molecule has 8 nitrogen and oxygen atoms in total. The maximum Gasteiger partial charge on any atom is 0.264 e. The van der Waals surface area contributed by atoms with Crippen molar-refractivity contribution in [3.63, 3.8) is 0 Å². The number of nitrogens with zero attached hydrogens (tertiary/aromatic N) is 3. The highest BCUT2D eigenvalue weighted by Gasteiger charge is 2.33. The summed E-state index contributed by atoms with van der Waals surface area (Å²) in [6, 6.07) is 3.33. The zero-order valence-electron chi connectivity index (χ0n) is 15.6. The summed E-state index contributed by atoms with van der Waals surface area (Å²) >= 11 is 1.39. The van der Waals surface area contributed by atoms with Gasteiger partial charge in [-0.25, -0.2) is 13.4 Å². The predicted molar refractivity (Wildman–Crippen MR) is 106 cm³/mol. The molecule has 1 atom stereocenters. The number of carbonyl (C=O) groups is 1. The molecule has 0 bridgehead atoms. The van der Waals surface area contributed by atoms with Crippen LogP contribution in [0.25, 0.3) is 0 Å². The number of rotatable bonds is 3. The van der Waals surface area contributed by atoms with Crippen LogP contribution in [0.3, 0.4) is 0 Å². The van der Waals surface area contributed by atoms with Crippen LogP contribution < -0.4 is 5.56 Å². The van der Waals surface area contributed by atoms with Crippen molar-refractivity contribution in [3.8, 4) is 0 Å². The second-order valence-electron chi connectivity index (χ2n) is 7.21.